The zero-order valence-electron chi connectivity index (χ0n) is 10.5. The zero-order valence-corrected chi connectivity index (χ0v) is 10.5. The molecule has 0 radical (unpaired) electrons. The lowest BCUT2D eigenvalue weighted by Crippen LogP contribution is -1.96. The van der Waals surface area contributed by atoms with E-state index >= 15 is 0 Å². The normalized spacial score (nSPS) is 10.3. The molecule has 1 aromatic carbocycles. The first-order valence-corrected chi connectivity index (χ1v) is 5.78. The monoisotopic (exact) mass is 261 g/mol. The summed E-state index contributed by atoms with van der Waals surface area (Å²) in [6, 6.07) is 6.84. The number of aliphatic hydroxyl groups is 2. The van der Waals surface area contributed by atoms with E-state index in [0.29, 0.717) is 22.8 Å². The molecular formula is C14H15NO4. The Morgan fingerprint density at radius 3 is 2.58 bits per heavy atom. The van der Waals surface area contributed by atoms with Crippen LogP contribution in [0.25, 0.3) is 0 Å². The first-order valence-electron chi connectivity index (χ1n) is 5.78. The summed E-state index contributed by atoms with van der Waals surface area (Å²) in [6.07, 6.45) is 3.13. The number of methoxy groups -OCH3 is 1. The summed E-state index contributed by atoms with van der Waals surface area (Å²) in [5.41, 5.74) is 1.33. The minimum absolute atomic E-state index is 0.0617. The average Bonchev–Trinajstić information content (AvgIpc) is 2.48. The minimum Gasteiger partial charge on any atom is -0.493 e. The van der Waals surface area contributed by atoms with Gasteiger partial charge in [-0.3, -0.25) is 4.98 Å². The van der Waals surface area contributed by atoms with Gasteiger partial charge in [-0.05, 0) is 23.8 Å². The summed E-state index contributed by atoms with van der Waals surface area (Å²) in [4.78, 5) is 3.92. The van der Waals surface area contributed by atoms with Crippen molar-refractivity contribution in [1.82, 2.24) is 4.98 Å². The van der Waals surface area contributed by atoms with E-state index in [0.717, 1.165) is 5.56 Å². The highest BCUT2D eigenvalue weighted by Crippen LogP contribution is 2.33. The minimum atomic E-state index is -0.153. The molecule has 0 fully saturated rings. The van der Waals surface area contributed by atoms with Gasteiger partial charge in [-0.2, -0.15) is 0 Å². The number of aromatic nitrogens is 1. The molecule has 0 atom stereocenters. The molecule has 5 nitrogen and oxygen atoms in total. The molecule has 0 saturated heterocycles. The molecule has 2 N–H and O–H groups in total. The second-order valence-electron chi connectivity index (χ2n) is 3.89. The highest BCUT2D eigenvalue weighted by molar-refractivity contribution is 5.46. The SMILES string of the molecule is COc1cc(CO)ccc1Oc1ccncc1CO. The van der Waals surface area contributed by atoms with Crippen LogP contribution >= 0.6 is 0 Å². The third-order valence-electron chi connectivity index (χ3n) is 2.66. The topological polar surface area (TPSA) is 71.8 Å². The Morgan fingerprint density at radius 1 is 1.05 bits per heavy atom. The molecule has 0 spiro atoms. The van der Waals surface area contributed by atoms with Gasteiger partial charge in [0.25, 0.3) is 0 Å². The Kier molecular flexibility index (Phi) is 4.33. The lowest BCUT2D eigenvalue weighted by atomic mass is 10.2. The summed E-state index contributed by atoms with van der Waals surface area (Å²) in [5, 5.41) is 18.3. The molecule has 100 valence electrons. The van der Waals surface area contributed by atoms with Crippen LogP contribution in [0, 0.1) is 0 Å². The number of aliphatic hydroxyl groups excluding tert-OH is 2. The molecule has 0 amide bonds. The Labute approximate surface area is 111 Å². The van der Waals surface area contributed by atoms with E-state index in [4.69, 9.17) is 14.6 Å². The Balaban J connectivity index is 2.32. The zero-order chi connectivity index (χ0) is 13.7. The van der Waals surface area contributed by atoms with Gasteiger partial charge >= 0.3 is 0 Å². The second-order valence-corrected chi connectivity index (χ2v) is 3.89. The first kappa shape index (κ1) is 13.3. The third kappa shape index (κ3) is 3.01. The van der Waals surface area contributed by atoms with Crippen LogP contribution < -0.4 is 9.47 Å². The molecule has 0 aliphatic rings. The standard InChI is InChI=1S/C14H15NO4/c1-18-14-6-10(8-16)2-3-13(14)19-12-4-5-15-7-11(12)9-17/h2-7,16-17H,8-9H2,1H3. The van der Waals surface area contributed by atoms with E-state index in [2.05, 4.69) is 4.98 Å². The fourth-order valence-corrected chi connectivity index (χ4v) is 1.65. The predicted molar refractivity (Wildman–Crippen MR) is 69.2 cm³/mol. The second kappa shape index (κ2) is 6.17. The number of nitrogens with zero attached hydrogens (tertiary/aromatic N) is 1. The molecule has 0 unspecified atom stereocenters. The van der Waals surface area contributed by atoms with Gasteiger partial charge in [-0.1, -0.05) is 6.07 Å². The average molecular weight is 261 g/mol. The van der Waals surface area contributed by atoms with Gasteiger partial charge < -0.3 is 19.7 Å². The molecule has 1 heterocycles. The number of benzene rings is 1. The molecule has 1 aromatic heterocycles. The van der Waals surface area contributed by atoms with Gasteiger partial charge in [-0.25, -0.2) is 0 Å². The number of ether oxygens (including phenoxy) is 2. The number of hydrogen-bond acceptors (Lipinski definition) is 5. The molecule has 19 heavy (non-hydrogen) atoms. The molecule has 0 aliphatic heterocycles. The van der Waals surface area contributed by atoms with Gasteiger partial charge in [0.05, 0.1) is 20.3 Å². The number of hydrogen-bond donors (Lipinski definition) is 2. The molecule has 0 bridgehead atoms. The van der Waals surface area contributed by atoms with Crippen LogP contribution in [0.1, 0.15) is 11.1 Å². The smallest absolute Gasteiger partial charge is 0.169 e. The molecule has 2 rings (SSSR count). The quantitative estimate of drug-likeness (QED) is 0.859. The van der Waals surface area contributed by atoms with Crippen molar-refractivity contribution in [2.75, 3.05) is 7.11 Å². The summed E-state index contributed by atoms with van der Waals surface area (Å²) < 4.78 is 10.9. The molecule has 0 aliphatic carbocycles. The van der Waals surface area contributed by atoms with E-state index in [9.17, 15) is 5.11 Å². The van der Waals surface area contributed by atoms with Crippen LogP contribution in [-0.2, 0) is 13.2 Å². The van der Waals surface area contributed by atoms with Crippen LogP contribution in [0.15, 0.2) is 36.7 Å². The van der Waals surface area contributed by atoms with Crippen LogP contribution in [0.5, 0.6) is 17.2 Å². The summed E-state index contributed by atoms with van der Waals surface area (Å²) in [7, 11) is 1.53. The van der Waals surface area contributed by atoms with Crippen LogP contribution in [0.3, 0.4) is 0 Å². The maximum absolute atomic E-state index is 9.22. The van der Waals surface area contributed by atoms with E-state index in [1.807, 2.05) is 0 Å². The maximum atomic E-state index is 9.22. The maximum Gasteiger partial charge on any atom is 0.169 e. The summed E-state index contributed by atoms with van der Waals surface area (Å²) in [6.45, 7) is -0.214. The Morgan fingerprint density at radius 2 is 1.89 bits per heavy atom. The Bertz CT molecular complexity index is 557. The van der Waals surface area contributed by atoms with Crippen molar-refractivity contribution in [1.29, 1.82) is 0 Å². The summed E-state index contributed by atoms with van der Waals surface area (Å²) >= 11 is 0. The van der Waals surface area contributed by atoms with Crippen LogP contribution in [0.4, 0.5) is 0 Å². The number of pyridine rings is 1. The lowest BCUT2D eigenvalue weighted by molar-refractivity contribution is 0.274. The van der Waals surface area contributed by atoms with Crippen LogP contribution in [0.2, 0.25) is 0 Å². The third-order valence-corrected chi connectivity index (χ3v) is 2.66. The molecule has 0 saturated carbocycles. The largest absolute Gasteiger partial charge is 0.493 e. The Hall–Kier alpha value is -2.11. The van der Waals surface area contributed by atoms with E-state index in [-0.39, 0.29) is 13.2 Å². The lowest BCUT2D eigenvalue weighted by Gasteiger charge is -2.13. The molecule has 2 aromatic rings. The van der Waals surface area contributed by atoms with Crippen molar-refractivity contribution in [2.24, 2.45) is 0 Å². The van der Waals surface area contributed by atoms with Gasteiger partial charge in [-0.15, -0.1) is 0 Å². The van der Waals surface area contributed by atoms with E-state index < -0.39 is 0 Å². The fourth-order valence-electron chi connectivity index (χ4n) is 1.65. The van der Waals surface area contributed by atoms with Crippen LogP contribution in [-0.4, -0.2) is 22.3 Å². The van der Waals surface area contributed by atoms with Crippen molar-refractivity contribution >= 4 is 0 Å². The van der Waals surface area contributed by atoms with Crippen molar-refractivity contribution in [2.45, 2.75) is 13.2 Å². The fraction of sp³-hybridized carbons (Fsp3) is 0.214. The predicted octanol–water partition coefficient (Wildman–Crippen LogP) is 1.87. The van der Waals surface area contributed by atoms with Crippen molar-refractivity contribution in [3.8, 4) is 17.2 Å². The van der Waals surface area contributed by atoms with Gasteiger partial charge in [0.15, 0.2) is 11.5 Å². The van der Waals surface area contributed by atoms with Crippen molar-refractivity contribution < 1.29 is 19.7 Å². The molecular weight excluding hydrogens is 246 g/mol. The highest BCUT2D eigenvalue weighted by atomic mass is 16.5. The summed E-state index contributed by atoms with van der Waals surface area (Å²) in [5.74, 6) is 1.56. The first-order chi connectivity index (χ1) is 9.28. The van der Waals surface area contributed by atoms with Gasteiger partial charge in [0.1, 0.15) is 5.75 Å². The highest BCUT2D eigenvalue weighted by Gasteiger charge is 2.09. The van der Waals surface area contributed by atoms with Crippen molar-refractivity contribution in [3.63, 3.8) is 0 Å². The van der Waals surface area contributed by atoms with E-state index in [1.54, 1.807) is 36.7 Å². The van der Waals surface area contributed by atoms with E-state index in [1.165, 1.54) is 7.11 Å². The van der Waals surface area contributed by atoms with Crippen molar-refractivity contribution in [3.05, 3.63) is 47.8 Å². The van der Waals surface area contributed by atoms with Gasteiger partial charge in [0.2, 0.25) is 0 Å². The molecule has 5 heteroatoms. The number of rotatable bonds is 5. The van der Waals surface area contributed by atoms with Gasteiger partial charge in [0, 0.05) is 18.0 Å².